The third-order valence-electron chi connectivity index (χ3n) is 2.60. The van der Waals surface area contributed by atoms with Crippen molar-refractivity contribution in [2.75, 3.05) is 19.6 Å². The number of hydrogen-bond donors (Lipinski definition) is 2. The third kappa shape index (κ3) is 2.19. The Morgan fingerprint density at radius 1 is 1.42 bits per heavy atom. The van der Waals surface area contributed by atoms with E-state index in [1.54, 1.807) is 0 Å². The van der Waals surface area contributed by atoms with E-state index >= 15 is 0 Å². The predicted octanol–water partition coefficient (Wildman–Crippen LogP) is 0.0158. The molecule has 0 radical (unpaired) electrons. The highest BCUT2D eigenvalue weighted by Crippen LogP contribution is 2.10. The third-order valence-corrected chi connectivity index (χ3v) is 2.60. The van der Waals surface area contributed by atoms with Gasteiger partial charge in [0.1, 0.15) is 0 Å². The van der Waals surface area contributed by atoms with Crippen molar-refractivity contribution in [3.63, 3.8) is 0 Å². The molecule has 0 aliphatic carbocycles. The lowest BCUT2D eigenvalue weighted by Gasteiger charge is -2.41. The number of nitrogens with zero attached hydrogens (tertiary/aromatic N) is 1. The standard InChI is InChI=1S/C9H21N3/c1-7(2)12-5-4-11-6-9(12)8(3)10/h7-9,11H,4-6,10H2,1-3H3. The Hall–Kier alpha value is -0.120. The molecule has 3 N–H and O–H groups in total. The summed E-state index contributed by atoms with van der Waals surface area (Å²) in [5, 5.41) is 3.38. The minimum atomic E-state index is 0.264. The average molecular weight is 171 g/mol. The molecule has 1 saturated heterocycles. The summed E-state index contributed by atoms with van der Waals surface area (Å²) >= 11 is 0. The number of hydrogen-bond acceptors (Lipinski definition) is 3. The summed E-state index contributed by atoms with van der Waals surface area (Å²) in [7, 11) is 0. The molecule has 1 heterocycles. The van der Waals surface area contributed by atoms with Gasteiger partial charge >= 0.3 is 0 Å². The van der Waals surface area contributed by atoms with E-state index in [9.17, 15) is 0 Å². The number of piperazine rings is 1. The van der Waals surface area contributed by atoms with Crippen LogP contribution >= 0.6 is 0 Å². The molecule has 1 rings (SSSR count). The van der Waals surface area contributed by atoms with Crippen LogP contribution in [0.2, 0.25) is 0 Å². The van der Waals surface area contributed by atoms with Crippen LogP contribution in [0.5, 0.6) is 0 Å². The molecule has 3 nitrogen and oxygen atoms in total. The van der Waals surface area contributed by atoms with Gasteiger partial charge in [-0.2, -0.15) is 0 Å². The smallest absolute Gasteiger partial charge is 0.0372 e. The average Bonchev–Trinajstić information content (AvgIpc) is 2.04. The highest BCUT2D eigenvalue weighted by atomic mass is 15.2. The van der Waals surface area contributed by atoms with Crippen LogP contribution in [0.25, 0.3) is 0 Å². The van der Waals surface area contributed by atoms with Crippen molar-refractivity contribution in [3.8, 4) is 0 Å². The molecule has 0 aromatic rings. The van der Waals surface area contributed by atoms with E-state index in [1.165, 1.54) is 0 Å². The molecule has 0 aromatic carbocycles. The highest BCUT2D eigenvalue weighted by molar-refractivity contribution is 4.87. The first-order chi connectivity index (χ1) is 5.63. The lowest BCUT2D eigenvalue weighted by atomic mass is 10.1. The second kappa shape index (κ2) is 4.21. The van der Waals surface area contributed by atoms with Crippen LogP contribution in [-0.2, 0) is 0 Å². The lowest BCUT2D eigenvalue weighted by Crippen LogP contribution is -2.59. The SMILES string of the molecule is CC(N)C1CNCCN1C(C)C. The first-order valence-corrected chi connectivity index (χ1v) is 4.85. The van der Waals surface area contributed by atoms with E-state index in [-0.39, 0.29) is 6.04 Å². The fourth-order valence-electron chi connectivity index (χ4n) is 1.87. The fraction of sp³-hybridized carbons (Fsp3) is 1.00. The Morgan fingerprint density at radius 2 is 2.08 bits per heavy atom. The molecule has 0 saturated carbocycles. The van der Waals surface area contributed by atoms with Gasteiger partial charge in [-0.3, -0.25) is 4.90 Å². The Kier molecular flexibility index (Phi) is 3.50. The number of nitrogens with one attached hydrogen (secondary N) is 1. The van der Waals surface area contributed by atoms with Gasteiger partial charge in [0.15, 0.2) is 0 Å². The van der Waals surface area contributed by atoms with Crippen molar-refractivity contribution in [3.05, 3.63) is 0 Å². The van der Waals surface area contributed by atoms with Crippen LogP contribution in [0, 0.1) is 0 Å². The van der Waals surface area contributed by atoms with E-state index in [0.717, 1.165) is 19.6 Å². The minimum Gasteiger partial charge on any atom is -0.326 e. The Morgan fingerprint density at radius 3 is 2.50 bits per heavy atom. The summed E-state index contributed by atoms with van der Waals surface area (Å²) in [6.45, 7) is 9.83. The van der Waals surface area contributed by atoms with Crippen molar-refractivity contribution in [2.24, 2.45) is 5.73 Å². The minimum absolute atomic E-state index is 0.264. The second-order valence-electron chi connectivity index (χ2n) is 3.96. The maximum atomic E-state index is 5.91. The van der Waals surface area contributed by atoms with Crippen LogP contribution in [-0.4, -0.2) is 42.7 Å². The summed E-state index contributed by atoms with van der Waals surface area (Å²) < 4.78 is 0. The molecule has 2 unspecified atom stereocenters. The van der Waals surface area contributed by atoms with Crippen molar-refractivity contribution >= 4 is 0 Å². The largest absolute Gasteiger partial charge is 0.326 e. The van der Waals surface area contributed by atoms with Crippen molar-refractivity contribution < 1.29 is 0 Å². The fourth-order valence-corrected chi connectivity index (χ4v) is 1.87. The van der Waals surface area contributed by atoms with Crippen LogP contribution in [0.15, 0.2) is 0 Å². The molecule has 0 amide bonds. The first-order valence-electron chi connectivity index (χ1n) is 4.85. The zero-order valence-electron chi connectivity index (χ0n) is 8.38. The summed E-state index contributed by atoms with van der Waals surface area (Å²) in [6.07, 6.45) is 0. The van der Waals surface area contributed by atoms with E-state index in [0.29, 0.717) is 12.1 Å². The normalized spacial score (nSPS) is 29.2. The molecule has 1 aliphatic rings. The van der Waals surface area contributed by atoms with Crippen LogP contribution < -0.4 is 11.1 Å². The van der Waals surface area contributed by atoms with Gasteiger partial charge in [0.2, 0.25) is 0 Å². The molecule has 1 fully saturated rings. The number of nitrogens with two attached hydrogens (primary N) is 1. The summed E-state index contributed by atoms with van der Waals surface area (Å²) in [5.41, 5.74) is 5.91. The zero-order valence-corrected chi connectivity index (χ0v) is 8.38. The molecule has 12 heavy (non-hydrogen) atoms. The molecule has 0 bridgehead atoms. The quantitative estimate of drug-likeness (QED) is 0.615. The van der Waals surface area contributed by atoms with Gasteiger partial charge in [-0.1, -0.05) is 0 Å². The van der Waals surface area contributed by atoms with Gasteiger partial charge in [-0.25, -0.2) is 0 Å². The van der Waals surface area contributed by atoms with Gasteiger partial charge in [0, 0.05) is 37.8 Å². The monoisotopic (exact) mass is 171 g/mol. The van der Waals surface area contributed by atoms with Crippen molar-refractivity contribution in [1.82, 2.24) is 10.2 Å². The molecule has 2 atom stereocenters. The predicted molar refractivity (Wildman–Crippen MR) is 52.1 cm³/mol. The maximum Gasteiger partial charge on any atom is 0.0372 e. The molecule has 0 spiro atoms. The topological polar surface area (TPSA) is 41.3 Å². The van der Waals surface area contributed by atoms with E-state index < -0.39 is 0 Å². The van der Waals surface area contributed by atoms with E-state index in [2.05, 4.69) is 31.0 Å². The molecule has 72 valence electrons. The molecule has 0 aromatic heterocycles. The van der Waals surface area contributed by atoms with Crippen molar-refractivity contribution in [1.29, 1.82) is 0 Å². The summed E-state index contributed by atoms with van der Waals surface area (Å²) in [4.78, 5) is 2.49. The van der Waals surface area contributed by atoms with Crippen molar-refractivity contribution in [2.45, 2.75) is 38.9 Å². The zero-order chi connectivity index (χ0) is 9.14. The Balaban J connectivity index is 2.54. The number of rotatable bonds is 2. The van der Waals surface area contributed by atoms with Gasteiger partial charge in [-0.15, -0.1) is 0 Å². The van der Waals surface area contributed by atoms with E-state index in [1.807, 2.05) is 0 Å². The molecule has 3 heteroatoms. The molecule has 1 aliphatic heterocycles. The molecular formula is C9H21N3. The highest BCUT2D eigenvalue weighted by Gasteiger charge is 2.26. The lowest BCUT2D eigenvalue weighted by molar-refractivity contribution is 0.109. The van der Waals surface area contributed by atoms with Crippen LogP contribution in [0.3, 0.4) is 0 Å². The van der Waals surface area contributed by atoms with E-state index in [4.69, 9.17) is 5.73 Å². The van der Waals surface area contributed by atoms with Gasteiger partial charge < -0.3 is 11.1 Å². The van der Waals surface area contributed by atoms with Gasteiger partial charge in [0.05, 0.1) is 0 Å². The first kappa shape index (κ1) is 9.96. The second-order valence-corrected chi connectivity index (χ2v) is 3.96. The Labute approximate surface area is 75.3 Å². The van der Waals surface area contributed by atoms with Crippen LogP contribution in [0.4, 0.5) is 0 Å². The van der Waals surface area contributed by atoms with Gasteiger partial charge in [0.25, 0.3) is 0 Å². The maximum absolute atomic E-state index is 5.91. The summed E-state index contributed by atoms with van der Waals surface area (Å²) in [6, 6.07) is 1.39. The Bertz CT molecular complexity index is 118. The summed E-state index contributed by atoms with van der Waals surface area (Å²) in [5.74, 6) is 0. The molecular weight excluding hydrogens is 150 g/mol. The van der Waals surface area contributed by atoms with Gasteiger partial charge in [-0.05, 0) is 20.8 Å². The van der Waals surface area contributed by atoms with Crippen LogP contribution in [0.1, 0.15) is 20.8 Å².